The van der Waals surface area contributed by atoms with Gasteiger partial charge in [0.25, 0.3) is 0 Å². The maximum Gasteiger partial charge on any atom is 0.128 e. The quantitative estimate of drug-likeness (QED) is 0.457. The van der Waals surface area contributed by atoms with Crippen LogP contribution >= 0.6 is 12.2 Å². The third kappa shape index (κ3) is 4.38. The number of ether oxygens (including phenoxy) is 1. The first-order valence-corrected chi connectivity index (χ1v) is 10.4. The zero-order chi connectivity index (χ0) is 21.0. The highest BCUT2D eigenvalue weighted by molar-refractivity contribution is 7.79. The molecule has 30 heavy (non-hydrogen) atoms. The Morgan fingerprint density at radius 3 is 2.30 bits per heavy atom. The molecule has 1 saturated heterocycles. The van der Waals surface area contributed by atoms with Crippen LogP contribution in [0, 0.1) is 5.82 Å². The molecular formula is C25H23FN2OS. The topological polar surface area (TPSA) is 33.6 Å². The van der Waals surface area contributed by atoms with E-state index in [1.807, 2.05) is 67.6 Å². The molecule has 3 aromatic carbocycles. The highest BCUT2D eigenvalue weighted by atomic mass is 32.1. The number of nitrogens with one attached hydrogen (secondary N) is 1. The van der Waals surface area contributed by atoms with Gasteiger partial charge in [0.1, 0.15) is 5.82 Å². The minimum absolute atomic E-state index is 0.102. The Balaban J connectivity index is 1.78. The molecule has 2 atom stereocenters. The average molecular weight is 419 g/mol. The smallest absolute Gasteiger partial charge is 0.128 e. The second kappa shape index (κ2) is 8.96. The maximum atomic E-state index is 14.8. The second-order valence-corrected chi connectivity index (χ2v) is 7.86. The number of halogens is 1. The lowest BCUT2D eigenvalue weighted by atomic mass is 9.90. The summed E-state index contributed by atoms with van der Waals surface area (Å²) in [6.45, 7) is 2.78. The summed E-state index contributed by atoms with van der Waals surface area (Å²) in [5, 5.41) is 5.03. The van der Waals surface area contributed by atoms with E-state index in [1.54, 1.807) is 17.5 Å². The van der Waals surface area contributed by atoms with Gasteiger partial charge < -0.3 is 4.74 Å². The van der Waals surface area contributed by atoms with Crippen LogP contribution in [0.1, 0.15) is 23.6 Å². The van der Waals surface area contributed by atoms with Gasteiger partial charge in [-0.15, -0.1) is 0 Å². The molecule has 1 fully saturated rings. The lowest BCUT2D eigenvalue weighted by Crippen LogP contribution is -2.55. The molecule has 4 rings (SSSR count). The molecule has 5 heteroatoms. The summed E-state index contributed by atoms with van der Waals surface area (Å²) in [5.41, 5.74) is 3.35. The number of morpholine rings is 1. The van der Waals surface area contributed by atoms with Gasteiger partial charge in [0.2, 0.25) is 0 Å². The molecule has 0 spiro atoms. The molecule has 1 aliphatic heterocycles. The number of thiocarbonyl (C=S) groups is 1. The van der Waals surface area contributed by atoms with E-state index in [9.17, 15) is 4.39 Å². The molecule has 3 aromatic rings. The second-order valence-electron chi connectivity index (χ2n) is 7.59. The third-order valence-electron chi connectivity index (χ3n) is 5.24. The van der Waals surface area contributed by atoms with Crippen molar-refractivity contribution in [3.05, 3.63) is 101 Å². The Bertz CT molecular complexity index is 1010. The highest BCUT2D eigenvalue weighted by Crippen LogP contribution is 2.31. The molecule has 152 valence electrons. The molecule has 1 heterocycles. The molecular weight excluding hydrogens is 395 g/mol. The van der Waals surface area contributed by atoms with E-state index in [-0.39, 0.29) is 11.9 Å². The molecule has 0 aliphatic carbocycles. The fraction of sp³-hybridized carbons (Fsp3) is 0.200. The Morgan fingerprint density at radius 1 is 1.07 bits per heavy atom. The Kier molecular flexibility index (Phi) is 6.13. The van der Waals surface area contributed by atoms with Crippen LogP contribution in [0.15, 0.2) is 83.9 Å². The van der Waals surface area contributed by atoms with Crippen LogP contribution in [-0.2, 0) is 10.3 Å². The monoisotopic (exact) mass is 418 g/mol. The van der Waals surface area contributed by atoms with Crippen molar-refractivity contribution >= 4 is 29.0 Å². The zero-order valence-corrected chi connectivity index (χ0v) is 17.5. The van der Waals surface area contributed by atoms with Gasteiger partial charge in [-0.3, -0.25) is 5.32 Å². The minimum Gasteiger partial charge on any atom is -0.377 e. The molecule has 3 nitrogen and oxygen atoms in total. The fourth-order valence-corrected chi connectivity index (χ4v) is 3.88. The van der Waals surface area contributed by atoms with Crippen LogP contribution in [-0.4, -0.2) is 30.3 Å². The first-order chi connectivity index (χ1) is 14.6. The van der Waals surface area contributed by atoms with Crippen LogP contribution in [0.4, 0.5) is 10.1 Å². The zero-order valence-electron chi connectivity index (χ0n) is 16.7. The van der Waals surface area contributed by atoms with Crippen molar-refractivity contribution in [2.24, 2.45) is 4.99 Å². The van der Waals surface area contributed by atoms with Gasteiger partial charge in [0, 0.05) is 16.7 Å². The first kappa shape index (κ1) is 20.5. The number of aliphatic imine (C=N–C) groups is 1. The number of rotatable bonds is 5. The molecule has 1 N–H and O–H groups in total. The molecule has 0 amide bonds. The van der Waals surface area contributed by atoms with E-state index in [1.165, 1.54) is 6.07 Å². The molecule has 0 radical (unpaired) electrons. The van der Waals surface area contributed by atoms with Gasteiger partial charge in [0.15, 0.2) is 0 Å². The van der Waals surface area contributed by atoms with Crippen molar-refractivity contribution in [3.63, 3.8) is 0 Å². The number of hydrogen-bond donors (Lipinski definition) is 1. The fourth-order valence-electron chi connectivity index (χ4n) is 3.73. The Hall–Kier alpha value is -2.73. The summed E-state index contributed by atoms with van der Waals surface area (Å²) in [7, 11) is 0. The van der Waals surface area contributed by atoms with Crippen molar-refractivity contribution < 1.29 is 9.13 Å². The van der Waals surface area contributed by atoms with Crippen LogP contribution in [0.5, 0.6) is 0 Å². The normalized spacial score (nSPS) is 21.1. The van der Waals surface area contributed by atoms with Crippen LogP contribution in [0.2, 0.25) is 0 Å². The Labute approximate surface area is 181 Å². The lowest BCUT2D eigenvalue weighted by Gasteiger charge is -2.39. The van der Waals surface area contributed by atoms with E-state index < -0.39 is 5.54 Å². The SMILES string of the molecule is CC1(c2cc(N=C(c3ccccc3)c3ccccc3)ccc2F)COCC(C=S)N1. The molecule has 0 saturated carbocycles. The van der Waals surface area contributed by atoms with E-state index in [2.05, 4.69) is 5.32 Å². The maximum absolute atomic E-state index is 14.8. The highest BCUT2D eigenvalue weighted by Gasteiger charge is 2.35. The van der Waals surface area contributed by atoms with Gasteiger partial charge in [-0.1, -0.05) is 72.9 Å². The van der Waals surface area contributed by atoms with E-state index in [0.717, 1.165) is 16.8 Å². The largest absolute Gasteiger partial charge is 0.377 e. The molecule has 0 bridgehead atoms. The minimum atomic E-state index is -0.687. The lowest BCUT2D eigenvalue weighted by molar-refractivity contribution is 0.0202. The van der Waals surface area contributed by atoms with Gasteiger partial charge in [-0.25, -0.2) is 9.38 Å². The molecule has 0 aromatic heterocycles. The van der Waals surface area contributed by atoms with Crippen molar-refractivity contribution in [3.8, 4) is 0 Å². The van der Waals surface area contributed by atoms with E-state index >= 15 is 0 Å². The summed E-state index contributed by atoms with van der Waals surface area (Å²) in [4.78, 5) is 4.92. The third-order valence-corrected chi connectivity index (χ3v) is 5.56. The number of nitrogens with zero attached hydrogens (tertiary/aromatic N) is 1. The summed E-state index contributed by atoms with van der Waals surface area (Å²) in [5.74, 6) is -0.293. The predicted molar refractivity (Wildman–Crippen MR) is 123 cm³/mol. The molecule has 2 unspecified atom stereocenters. The van der Waals surface area contributed by atoms with Crippen LogP contribution in [0.3, 0.4) is 0 Å². The standard InChI is InChI=1S/C25H23FN2OS/c1-25(17-29-15-21(16-30)28-25)22-14-20(12-13-23(22)26)27-24(18-8-4-2-5-9-18)19-10-6-3-7-11-19/h2-14,16,21,28H,15,17H2,1H3. The van der Waals surface area contributed by atoms with Gasteiger partial charge >= 0.3 is 0 Å². The van der Waals surface area contributed by atoms with Crippen LogP contribution < -0.4 is 5.32 Å². The summed E-state index contributed by atoms with van der Waals surface area (Å²) in [6, 6.07) is 24.9. The van der Waals surface area contributed by atoms with E-state index in [4.69, 9.17) is 21.9 Å². The summed E-state index contributed by atoms with van der Waals surface area (Å²) >= 11 is 5.07. The van der Waals surface area contributed by atoms with Crippen molar-refractivity contribution in [2.75, 3.05) is 13.2 Å². The predicted octanol–water partition coefficient (Wildman–Crippen LogP) is 5.20. The van der Waals surface area contributed by atoms with Crippen molar-refractivity contribution in [2.45, 2.75) is 18.5 Å². The van der Waals surface area contributed by atoms with Crippen LogP contribution in [0.25, 0.3) is 0 Å². The number of benzene rings is 3. The summed E-state index contributed by atoms with van der Waals surface area (Å²) in [6.07, 6.45) is 0. The van der Waals surface area contributed by atoms with Crippen molar-refractivity contribution in [1.82, 2.24) is 5.32 Å². The number of hydrogen-bond acceptors (Lipinski definition) is 4. The Morgan fingerprint density at radius 2 is 1.70 bits per heavy atom. The van der Waals surface area contributed by atoms with Gasteiger partial charge in [-0.05, 0) is 30.5 Å². The summed E-state index contributed by atoms with van der Waals surface area (Å²) < 4.78 is 20.5. The van der Waals surface area contributed by atoms with Crippen molar-refractivity contribution in [1.29, 1.82) is 0 Å². The van der Waals surface area contributed by atoms with Gasteiger partial charge in [-0.2, -0.15) is 0 Å². The average Bonchev–Trinajstić information content (AvgIpc) is 2.79. The molecule has 1 aliphatic rings. The van der Waals surface area contributed by atoms with Gasteiger partial charge in [0.05, 0.1) is 36.2 Å². The first-order valence-electron chi connectivity index (χ1n) is 9.89. The van der Waals surface area contributed by atoms with E-state index in [0.29, 0.717) is 24.5 Å².